The van der Waals surface area contributed by atoms with E-state index in [0.29, 0.717) is 0 Å². The number of piperidine rings is 1. The maximum absolute atomic E-state index is 5.41. The lowest BCUT2D eigenvalue weighted by Gasteiger charge is -2.39. The van der Waals surface area contributed by atoms with Gasteiger partial charge in [0.2, 0.25) is 0 Å². The largest absolute Gasteiger partial charge is 0.385 e. The number of unbranched alkanes of at least 4 members (excludes halogenated alkanes) is 3. The predicted octanol–water partition coefficient (Wildman–Crippen LogP) is 5.92. The van der Waals surface area contributed by atoms with Gasteiger partial charge in [-0.2, -0.15) is 0 Å². The number of likely N-dealkylation sites (tertiary alicyclic amines) is 1. The van der Waals surface area contributed by atoms with Gasteiger partial charge in [-0.3, -0.25) is 0 Å². The van der Waals surface area contributed by atoms with E-state index in [1.807, 2.05) is 0 Å². The molecule has 0 N–H and O–H groups in total. The van der Waals surface area contributed by atoms with Crippen molar-refractivity contribution in [3.05, 3.63) is 0 Å². The van der Waals surface area contributed by atoms with E-state index in [-0.39, 0.29) is 0 Å². The van der Waals surface area contributed by atoms with E-state index in [2.05, 4.69) is 32.6 Å². The summed E-state index contributed by atoms with van der Waals surface area (Å²) in [6.45, 7) is 14.4. The molecule has 2 aliphatic heterocycles. The summed E-state index contributed by atoms with van der Waals surface area (Å²) in [6.07, 6.45) is 13.2. The molecule has 0 aromatic heterocycles. The molecule has 2 saturated heterocycles. The summed E-state index contributed by atoms with van der Waals surface area (Å²) in [5.74, 6) is 1.01. The molecule has 0 amide bonds. The van der Waals surface area contributed by atoms with E-state index in [4.69, 9.17) is 9.47 Å². The second-order valence-electron chi connectivity index (χ2n) is 7.49. The molecular weight excluding hydrogens is 310 g/mol. The maximum atomic E-state index is 5.41. The quantitative estimate of drug-likeness (QED) is 0.528. The molecule has 3 nitrogen and oxygen atoms in total. The zero-order valence-corrected chi connectivity index (χ0v) is 18.0. The maximum Gasteiger partial charge on any atom is 0.0480 e. The van der Waals surface area contributed by atoms with Crippen LogP contribution in [0.2, 0.25) is 0 Å². The highest BCUT2D eigenvalue weighted by molar-refractivity contribution is 4.79. The molecule has 0 atom stereocenters. The molecule has 0 aliphatic carbocycles. The summed E-state index contributed by atoms with van der Waals surface area (Å²) >= 11 is 0. The summed E-state index contributed by atoms with van der Waals surface area (Å²) < 4.78 is 10.3. The summed E-state index contributed by atoms with van der Waals surface area (Å²) in [5.41, 5.74) is 0. The van der Waals surface area contributed by atoms with Crippen molar-refractivity contribution in [3.8, 4) is 0 Å². The van der Waals surface area contributed by atoms with Crippen LogP contribution >= 0.6 is 0 Å². The van der Waals surface area contributed by atoms with Gasteiger partial charge in [0.25, 0.3) is 0 Å². The molecule has 2 aliphatic rings. The molecule has 0 bridgehead atoms. The molecular formula is C22H47NO2. The number of rotatable bonds is 7. The first-order chi connectivity index (χ1) is 12.2. The molecule has 152 valence electrons. The molecule has 0 saturated carbocycles. The van der Waals surface area contributed by atoms with Crippen molar-refractivity contribution in [3.63, 3.8) is 0 Å². The van der Waals surface area contributed by atoms with Crippen molar-refractivity contribution in [2.45, 2.75) is 97.9 Å². The molecule has 2 fully saturated rings. The molecule has 2 rings (SSSR count). The third kappa shape index (κ3) is 13.7. The van der Waals surface area contributed by atoms with E-state index >= 15 is 0 Å². The van der Waals surface area contributed by atoms with Crippen LogP contribution in [0.25, 0.3) is 0 Å². The summed E-state index contributed by atoms with van der Waals surface area (Å²) in [6, 6.07) is 0.835. The molecule has 0 aromatic carbocycles. The van der Waals surface area contributed by atoms with Gasteiger partial charge in [-0.05, 0) is 51.1 Å². The van der Waals surface area contributed by atoms with Gasteiger partial charge in [0.05, 0.1) is 0 Å². The second kappa shape index (κ2) is 18.7. The Bertz CT molecular complexity index is 240. The van der Waals surface area contributed by atoms with Crippen LogP contribution in [0, 0.1) is 5.92 Å². The third-order valence-corrected chi connectivity index (χ3v) is 5.14. The van der Waals surface area contributed by atoms with Crippen molar-refractivity contribution in [2.24, 2.45) is 5.92 Å². The number of hydrogen-bond acceptors (Lipinski definition) is 3. The molecule has 3 heteroatoms. The minimum Gasteiger partial charge on any atom is -0.385 e. The van der Waals surface area contributed by atoms with Gasteiger partial charge >= 0.3 is 0 Å². The molecule has 0 radical (unpaired) electrons. The predicted molar refractivity (Wildman–Crippen MR) is 110 cm³/mol. The number of nitrogens with zero attached hydrogens (tertiary/aromatic N) is 1. The fourth-order valence-corrected chi connectivity index (χ4v) is 3.45. The van der Waals surface area contributed by atoms with Crippen LogP contribution in [0.15, 0.2) is 0 Å². The summed E-state index contributed by atoms with van der Waals surface area (Å²) in [5, 5.41) is 0. The zero-order chi connectivity index (χ0) is 18.8. The number of methoxy groups -OCH3 is 1. The van der Waals surface area contributed by atoms with Gasteiger partial charge in [0.15, 0.2) is 0 Å². The molecule has 0 unspecified atom stereocenters. The van der Waals surface area contributed by atoms with E-state index in [0.717, 1.165) is 31.8 Å². The van der Waals surface area contributed by atoms with E-state index in [9.17, 15) is 0 Å². The Balaban J connectivity index is 0.000000448. The lowest BCUT2D eigenvalue weighted by Crippen LogP contribution is -2.44. The highest BCUT2D eigenvalue weighted by Crippen LogP contribution is 2.24. The van der Waals surface area contributed by atoms with Crippen molar-refractivity contribution in [2.75, 3.05) is 40.0 Å². The van der Waals surface area contributed by atoms with Gasteiger partial charge < -0.3 is 14.4 Å². The number of ether oxygens (including phenoxy) is 2. The zero-order valence-electron chi connectivity index (χ0n) is 18.0. The highest BCUT2D eigenvalue weighted by atomic mass is 16.5. The van der Waals surface area contributed by atoms with Crippen LogP contribution in [-0.2, 0) is 9.47 Å². The number of hydrogen-bond donors (Lipinski definition) is 0. The Kier molecular flexibility index (Phi) is 18.6. The molecule has 25 heavy (non-hydrogen) atoms. The Morgan fingerprint density at radius 2 is 1.48 bits per heavy atom. The fourth-order valence-electron chi connectivity index (χ4n) is 3.45. The van der Waals surface area contributed by atoms with Gasteiger partial charge in [0, 0.05) is 33.0 Å². The minimum absolute atomic E-state index is 0.835. The van der Waals surface area contributed by atoms with Crippen LogP contribution in [-0.4, -0.2) is 51.0 Å². The Morgan fingerprint density at radius 1 is 0.880 bits per heavy atom. The fraction of sp³-hybridized carbons (Fsp3) is 1.00. The summed E-state index contributed by atoms with van der Waals surface area (Å²) in [4.78, 5) is 2.70. The topological polar surface area (TPSA) is 21.7 Å². The smallest absolute Gasteiger partial charge is 0.0480 e. The Hall–Kier alpha value is -0.120. The normalized spacial score (nSPS) is 19.6. The lowest BCUT2D eigenvalue weighted by molar-refractivity contribution is 0.0209. The molecule has 0 spiro atoms. The second-order valence-corrected chi connectivity index (χ2v) is 7.49. The van der Waals surface area contributed by atoms with Crippen LogP contribution in [0.4, 0.5) is 0 Å². The summed E-state index contributed by atoms with van der Waals surface area (Å²) in [7, 11) is 1.76. The van der Waals surface area contributed by atoms with E-state index in [1.54, 1.807) is 7.11 Å². The SMILES string of the molecule is CCC.CCC1CCN(C2CCOCC2)CC1.CCCCCCOC. The van der Waals surface area contributed by atoms with E-state index in [1.165, 1.54) is 77.3 Å². The van der Waals surface area contributed by atoms with Gasteiger partial charge in [-0.25, -0.2) is 0 Å². The Morgan fingerprint density at radius 3 is 1.96 bits per heavy atom. The van der Waals surface area contributed by atoms with Crippen LogP contribution in [0.1, 0.15) is 91.9 Å². The molecule has 2 heterocycles. The van der Waals surface area contributed by atoms with Gasteiger partial charge in [0.1, 0.15) is 0 Å². The highest BCUT2D eigenvalue weighted by Gasteiger charge is 2.25. The lowest BCUT2D eigenvalue weighted by atomic mass is 9.92. The Labute approximate surface area is 158 Å². The van der Waals surface area contributed by atoms with Crippen molar-refractivity contribution in [1.82, 2.24) is 4.90 Å². The average Bonchev–Trinajstić information content (AvgIpc) is 2.67. The van der Waals surface area contributed by atoms with Crippen LogP contribution < -0.4 is 0 Å². The first-order valence-corrected chi connectivity index (χ1v) is 11.0. The van der Waals surface area contributed by atoms with Crippen LogP contribution in [0.3, 0.4) is 0 Å². The first-order valence-electron chi connectivity index (χ1n) is 11.0. The van der Waals surface area contributed by atoms with E-state index < -0.39 is 0 Å². The van der Waals surface area contributed by atoms with Crippen LogP contribution in [0.5, 0.6) is 0 Å². The first kappa shape index (κ1) is 24.9. The van der Waals surface area contributed by atoms with Crippen molar-refractivity contribution in [1.29, 1.82) is 0 Å². The third-order valence-electron chi connectivity index (χ3n) is 5.14. The minimum atomic E-state index is 0.835. The van der Waals surface area contributed by atoms with Crippen molar-refractivity contribution < 1.29 is 9.47 Å². The molecule has 0 aromatic rings. The average molecular weight is 358 g/mol. The standard InChI is InChI=1S/C12H23NO.C7H16O.C3H8/c1-2-11-3-7-13(8-4-11)12-5-9-14-10-6-12;1-3-4-5-6-7-8-2;1-3-2/h11-12H,2-10H2,1H3;3-7H2,1-2H3;3H2,1-2H3. The van der Waals surface area contributed by atoms with Gasteiger partial charge in [-0.15, -0.1) is 0 Å². The monoisotopic (exact) mass is 357 g/mol. The van der Waals surface area contributed by atoms with Crippen molar-refractivity contribution >= 4 is 0 Å². The van der Waals surface area contributed by atoms with Gasteiger partial charge in [-0.1, -0.05) is 59.8 Å².